The fourth-order valence-corrected chi connectivity index (χ4v) is 6.39. The summed E-state index contributed by atoms with van der Waals surface area (Å²) in [5.41, 5.74) is 11.7. The van der Waals surface area contributed by atoms with Crippen LogP contribution < -0.4 is 4.90 Å². The van der Waals surface area contributed by atoms with Crippen LogP contribution in [-0.4, -0.2) is 4.57 Å². The molecule has 0 unspecified atom stereocenters. The molecule has 208 valence electrons. The molecule has 0 atom stereocenters. The van der Waals surface area contributed by atoms with Crippen molar-refractivity contribution in [3.05, 3.63) is 182 Å². The molecule has 0 radical (unpaired) electrons. The van der Waals surface area contributed by atoms with Crippen LogP contribution in [0.5, 0.6) is 0 Å². The highest BCUT2D eigenvalue weighted by Crippen LogP contribution is 2.43. The minimum Gasteiger partial charge on any atom is -0.310 e. The number of hydrogen-bond donors (Lipinski definition) is 0. The summed E-state index contributed by atoms with van der Waals surface area (Å²) < 4.78 is 2.39. The molecule has 0 fully saturated rings. The molecule has 1 aromatic heterocycles. The third-order valence-corrected chi connectivity index (χ3v) is 8.36. The molecule has 0 saturated carbocycles. The topological polar surface area (TPSA) is 8.17 Å². The van der Waals surface area contributed by atoms with E-state index >= 15 is 0 Å². The van der Waals surface area contributed by atoms with Crippen LogP contribution in [0.4, 0.5) is 17.1 Å². The van der Waals surface area contributed by atoms with Crippen molar-refractivity contribution in [3.8, 4) is 27.9 Å². The molecule has 0 spiro atoms. The second-order valence-electron chi connectivity index (χ2n) is 11.0. The Morgan fingerprint density at radius 3 is 1.66 bits per heavy atom. The van der Waals surface area contributed by atoms with Gasteiger partial charge in [0.15, 0.2) is 0 Å². The number of benzene rings is 7. The van der Waals surface area contributed by atoms with E-state index in [1.807, 2.05) is 0 Å². The largest absolute Gasteiger partial charge is 0.310 e. The fraction of sp³-hybridized carbons (Fsp3) is 0. The summed E-state index contributed by atoms with van der Waals surface area (Å²) in [6, 6.07) is 65.0. The van der Waals surface area contributed by atoms with E-state index in [9.17, 15) is 0 Å². The zero-order valence-electron chi connectivity index (χ0n) is 24.2. The molecule has 2 nitrogen and oxygen atoms in total. The van der Waals surface area contributed by atoms with Crippen LogP contribution in [-0.2, 0) is 0 Å². The predicted octanol–water partition coefficient (Wildman–Crippen LogP) is 11.6. The van der Waals surface area contributed by atoms with Crippen molar-refractivity contribution < 1.29 is 0 Å². The second-order valence-corrected chi connectivity index (χ2v) is 11.0. The first-order chi connectivity index (χ1) is 21.8. The molecule has 8 rings (SSSR count). The Bertz CT molecular complexity index is 2200. The third-order valence-electron chi connectivity index (χ3n) is 8.36. The Morgan fingerprint density at radius 1 is 0.364 bits per heavy atom. The van der Waals surface area contributed by atoms with Gasteiger partial charge in [-0.1, -0.05) is 121 Å². The second kappa shape index (κ2) is 11.1. The molecule has 8 aromatic rings. The van der Waals surface area contributed by atoms with Crippen molar-refractivity contribution >= 4 is 38.9 Å². The predicted molar refractivity (Wildman–Crippen MR) is 186 cm³/mol. The molecule has 7 aromatic carbocycles. The van der Waals surface area contributed by atoms with Gasteiger partial charge in [-0.15, -0.1) is 0 Å². The van der Waals surface area contributed by atoms with E-state index in [-0.39, 0.29) is 0 Å². The average molecular weight is 563 g/mol. The number of rotatable bonds is 6. The zero-order chi connectivity index (χ0) is 29.3. The lowest BCUT2D eigenvalue weighted by molar-refractivity contribution is 1.18. The standard InChI is InChI=1S/C42H30N2/c1-5-15-31(16-6-1)33-19-13-24-36(29-33)43(34-20-9-3-10-21-34)37-27-28-40-39(30-37)42-38(32-17-7-2-8-18-32)25-14-26-41(42)44(40)35-22-11-4-12-23-35/h1-30H. The highest BCUT2D eigenvalue weighted by Gasteiger charge is 2.19. The van der Waals surface area contributed by atoms with E-state index < -0.39 is 0 Å². The van der Waals surface area contributed by atoms with Crippen molar-refractivity contribution in [2.24, 2.45) is 0 Å². The zero-order valence-corrected chi connectivity index (χ0v) is 24.2. The maximum Gasteiger partial charge on any atom is 0.0547 e. The summed E-state index contributed by atoms with van der Waals surface area (Å²) in [6.45, 7) is 0. The molecule has 1 heterocycles. The molecular formula is C42H30N2. The number of hydrogen-bond acceptors (Lipinski definition) is 1. The Kier molecular flexibility index (Phi) is 6.51. The van der Waals surface area contributed by atoms with Gasteiger partial charge in [0.2, 0.25) is 0 Å². The van der Waals surface area contributed by atoms with Crippen LogP contribution in [0.2, 0.25) is 0 Å². The fourth-order valence-electron chi connectivity index (χ4n) is 6.39. The monoisotopic (exact) mass is 562 g/mol. The van der Waals surface area contributed by atoms with Gasteiger partial charge in [0.25, 0.3) is 0 Å². The van der Waals surface area contributed by atoms with Crippen LogP contribution >= 0.6 is 0 Å². The molecule has 0 aliphatic rings. The number of anilines is 3. The molecule has 0 amide bonds. The summed E-state index contributed by atoms with van der Waals surface area (Å²) in [6.07, 6.45) is 0. The first-order valence-corrected chi connectivity index (χ1v) is 15.0. The number of nitrogens with zero attached hydrogens (tertiary/aromatic N) is 2. The van der Waals surface area contributed by atoms with E-state index in [1.165, 1.54) is 44.1 Å². The van der Waals surface area contributed by atoms with Crippen molar-refractivity contribution in [1.82, 2.24) is 4.57 Å². The molecule has 0 aliphatic carbocycles. The highest BCUT2D eigenvalue weighted by atomic mass is 15.1. The SMILES string of the molecule is c1ccc(-c2cccc(N(c3ccccc3)c3ccc4c(c3)c3c(-c5ccccc5)cccc3n4-c3ccccc3)c2)cc1. The van der Waals surface area contributed by atoms with Gasteiger partial charge < -0.3 is 9.47 Å². The smallest absolute Gasteiger partial charge is 0.0547 e. The molecule has 0 aliphatic heterocycles. The first-order valence-electron chi connectivity index (χ1n) is 15.0. The van der Waals surface area contributed by atoms with Crippen LogP contribution in [0.25, 0.3) is 49.7 Å². The first kappa shape index (κ1) is 25.8. The Morgan fingerprint density at radius 2 is 0.932 bits per heavy atom. The number of fused-ring (bicyclic) bond motifs is 3. The highest BCUT2D eigenvalue weighted by molar-refractivity contribution is 6.16. The molecule has 0 N–H and O–H groups in total. The molecular weight excluding hydrogens is 532 g/mol. The van der Waals surface area contributed by atoms with Gasteiger partial charge in [-0.2, -0.15) is 0 Å². The maximum absolute atomic E-state index is 2.39. The quantitative estimate of drug-likeness (QED) is 0.196. The van der Waals surface area contributed by atoms with Crippen molar-refractivity contribution in [3.63, 3.8) is 0 Å². The van der Waals surface area contributed by atoms with Crippen molar-refractivity contribution in [2.45, 2.75) is 0 Å². The molecule has 2 heteroatoms. The van der Waals surface area contributed by atoms with E-state index in [0.717, 1.165) is 22.7 Å². The normalized spacial score (nSPS) is 11.2. The minimum atomic E-state index is 1.11. The lowest BCUT2D eigenvalue weighted by atomic mass is 9.99. The van der Waals surface area contributed by atoms with E-state index in [4.69, 9.17) is 0 Å². The number of para-hydroxylation sites is 2. The molecule has 0 saturated heterocycles. The van der Waals surface area contributed by atoms with Crippen LogP contribution in [0, 0.1) is 0 Å². The Balaban J connectivity index is 1.40. The van der Waals surface area contributed by atoms with Gasteiger partial charge in [-0.25, -0.2) is 0 Å². The lowest BCUT2D eigenvalue weighted by Crippen LogP contribution is -2.09. The van der Waals surface area contributed by atoms with Gasteiger partial charge >= 0.3 is 0 Å². The van der Waals surface area contributed by atoms with Gasteiger partial charge in [0, 0.05) is 33.5 Å². The van der Waals surface area contributed by atoms with E-state index in [0.29, 0.717) is 0 Å². The van der Waals surface area contributed by atoms with Crippen LogP contribution in [0.3, 0.4) is 0 Å². The van der Waals surface area contributed by atoms with Gasteiger partial charge in [0.05, 0.1) is 11.0 Å². The summed E-state index contributed by atoms with van der Waals surface area (Å²) in [4.78, 5) is 2.36. The number of aromatic nitrogens is 1. The van der Waals surface area contributed by atoms with Gasteiger partial charge in [0.1, 0.15) is 0 Å². The third kappa shape index (κ3) is 4.54. The van der Waals surface area contributed by atoms with Gasteiger partial charge in [-0.3, -0.25) is 0 Å². The van der Waals surface area contributed by atoms with E-state index in [2.05, 4.69) is 191 Å². The van der Waals surface area contributed by atoms with Crippen LogP contribution in [0.15, 0.2) is 182 Å². The summed E-state index contributed by atoms with van der Waals surface area (Å²) in [7, 11) is 0. The summed E-state index contributed by atoms with van der Waals surface area (Å²) >= 11 is 0. The maximum atomic E-state index is 2.39. The van der Waals surface area contributed by atoms with Crippen molar-refractivity contribution in [2.75, 3.05) is 4.90 Å². The Labute approximate surface area is 257 Å². The lowest BCUT2D eigenvalue weighted by Gasteiger charge is -2.26. The summed E-state index contributed by atoms with van der Waals surface area (Å²) in [5.74, 6) is 0. The van der Waals surface area contributed by atoms with Crippen LogP contribution in [0.1, 0.15) is 0 Å². The minimum absolute atomic E-state index is 1.11. The van der Waals surface area contributed by atoms with Gasteiger partial charge in [-0.05, 0) is 82.9 Å². The average Bonchev–Trinajstić information content (AvgIpc) is 3.44. The van der Waals surface area contributed by atoms with E-state index in [1.54, 1.807) is 0 Å². The Hall–Kier alpha value is -5.86. The molecule has 0 bridgehead atoms. The summed E-state index contributed by atoms with van der Waals surface area (Å²) in [5, 5.41) is 2.48. The molecule has 44 heavy (non-hydrogen) atoms. The van der Waals surface area contributed by atoms with Crippen molar-refractivity contribution in [1.29, 1.82) is 0 Å².